The molecule has 0 bridgehead atoms. The molecule has 4 atom stereocenters. The fourth-order valence-corrected chi connectivity index (χ4v) is 10.3. The lowest BCUT2D eigenvalue weighted by Gasteiger charge is -2.52. The Hall–Kier alpha value is -6.20. The molecule has 3 aliphatic rings. The third kappa shape index (κ3) is 4.98. The molecule has 4 heteroatoms. The van der Waals surface area contributed by atoms with E-state index >= 15 is 0 Å². The lowest BCUT2D eigenvalue weighted by molar-refractivity contribution is 0.276. The SMILES string of the molecule is C1=CC2c3ccccc3N(c3ccc(N4C(c5ccccc5)NC4c4ccccc4)cc3)C2C=C1c1cccc2c1sc1c(-c3ccccc3)cccc12. The first kappa shape index (κ1) is 31.3. The lowest BCUT2D eigenvalue weighted by atomic mass is 9.86. The predicted octanol–water partition coefficient (Wildman–Crippen LogP) is 12.8. The maximum Gasteiger partial charge on any atom is 0.109 e. The topological polar surface area (TPSA) is 18.5 Å². The number of nitrogens with zero attached hydrogens (tertiary/aromatic N) is 2. The maximum atomic E-state index is 3.83. The van der Waals surface area contributed by atoms with Crippen LogP contribution in [0, 0.1) is 0 Å². The summed E-state index contributed by atoms with van der Waals surface area (Å²) in [6.45, 7) is 0. The van der Waals surface area contributed by atoms with Gasteiger partial charge < -0.3 is 9.80 Å². The summed E-state index contributed by atoms with van der Waals surface area (Å²) in [6, 6.07) is 64.3. The van der Waals surface area contributed by atoms with Crippen LogP contribution in [0.15, 0.2) is 194 Å². The van der Waals surface area contributed by atoms with Gasteiger partial charge in [0.25, 0.3) is 0 Å². The number of hydrogen-bond acceptors (Lipinski definition) is 4. The van der Waals surface area contributed by atoms with E-state index in [9.17, 15) is 0 Å². The number of fused-ring (bicyclic) bond motifs is 6. The molecule has 4 unspecified atom stereocenters. The van der Waals surface area contributed by atoms with E-state index in [2.05, 4.69) is 209 Å². The zero-order chi connectivity index (χ0) is 35.6. The minimum absolute atomic E-state index is 0.105. The summed E-state index contributed by atoms with van der Waals surface area (Å²) >= 11 is 1.92. The Labute approximate surface area is 319 Å². The quantitative estimate of drug-likeness (QED) is 0.185. The van der Waals surface area contributed by atoms with Crippen LogP contribution in [0.2, 0.25) is 0 Å². The zero-order valence-corrected chi connectivity index (χ0v) is 30.4. The average Bonchev–Trinajstić information content (AvgIpc) is 3.78. The van der Waals surface area contributed by atoms with E-state index in [-0.39, 0.29) is 24.3 Å². The summed E-state index contributed by atoms with van der Waals surface area (Å²) in [4.78, 5) is 5.06. The van der Waals surface area contributed by atoms with E-state index < -0.39 is 0 Å². The summed E-state index contributed by atoms with van der Waals surface area (Å²) in [5, 5.41) is 6.49. The van der Waals surface area contributed by atoms with E-state index in [1.54, 1.807) is 0 Å². The van der Waals surface area contributed by atoms with Gasteiger partial charge in [-0.2, -0.15) is 0 Å². The Kier molecular flexibility index (Phi) is 7.39. The van der Waals surface area contributed by atoms with Crippen LogP contribution >= 0.6 is 11.3 Å². The first-order valence-corrected chi connectivity index (χ1v) is 19.6. The van der Waals surface area contributed by atoms with Crippen molar-refractivity contribution in [3.63, 3.8) is 0 Å². The Morgan fingerprint density at radius 3 is 1.76 bits per heavy atom. The highest BCUT2D eigenvalue weighted by Gasteiger charge is 2.41. The van der Waals surface area contributed by atoms with E-state index in [1.807, 2.05) is 11.3 Å². The van der Waals surface area contributed by atoms with Gasteiger partial charge in [0.15, 0.2) is 0 Å². The van der Waals surface area contributed by atoms with Crippen molar-refractivity contribution in [2.45, 2.75) is 24.3 Å². The molecule has 1 saturated heterocycles. The smallest absolute Gasteiger partial charge is 0.109 e. The molecule has 1 N–H and O–H groups in total. The summed E-state index contributed by atoms with van der Waals surface area (Å²) in [5.74, 6) is 0.278. The van der Waals surface area contributed by atoms with Crippen LogP contribution in [0.25, 0.3) is 36.9 Å². The molecule has 11 rings (SSSR count). The first-order valence-electron chi connectivity index (χ1n) is 18.8. The average molecular weight is 712 g/mol. The molecule has 3 heterocycles. The fourth-order valence-electron chi connectivity index (χ4n) is 8.96. The first-order chi connectivity index (χ1) is 26.8. The highest BCUT2D eigenvalue weighted by atomic mass is 32.1. The van der Waals surface area contributed by atoms with E-state index in [0.29, 0.717) is 0 Å². The highest BCUT2D eigenvalue weighted by molar-refractivity contribution is 7.26. The van der Waals surface area contributed by atoms with Crippen LogP contribution in [0.4, 0.5) is 17.1 Å². The molecule has 8 aromatic rings. The molecule has 1 aliphatic carbocycles. The monoisotopic (exact) mass is 711 g/mol. The second-order valence-electron chi connectivity index (χ2n) is 14.5. The van der Waals surface area contributed by atoms with Crippen LogP contribution in [-0.4, -0.2) is 6.04 Å². The Bertz CT molecular complexity index is 2670. The number of allylic oxidation sites excluding steroid dienone is 2. The van der Waals surface area contributed by atoms with Gasteiger partial charge in [-0.05, 0) is 69.3 Å². The van der Waals surface area contributed by atoms with Crippen molar-refractivity contribution in [3.8, 4) is 11.1 Å². The molecule has 2 aliphatic heterocycles. The van der Waals surface area contributed by atoms with Gasteiger partial charge in [0.05, 0.1) is 6.04 Å². The number of para-hydroxylation sites is 1. The second-order valence-corrected chi connectivity index (χ2v) is 15.5. The van der Waals surface area contributed by atoms with Gasteiger partial charge in [0.2, 0.25) is 0 Å². The Morgan fingerprint density at radius 2 is 1.07 bits per heavy atom. The van der Waals surface area contributed by atoms with Gasteiger partial charge >= 0.3 is 0 Å². The number of nitrogens with one attached hydrogen (secondary N) is 1. The molecule has 3 nitrogen and oxygen atoms in total. The van der Waals surface area contributed by atoms with Gasteiger partial charge in [-0.25, -0.2) is 0 Å². The number of anilines is 3. The summed E-state index contributed by atoms with van der Waals surface area (Å²) < 4.78 is 2.70. The number of hydrogen-bond donors (Lipinski definition) is 1. The van der Waals surface area contributed by atoms with Crippen molar-refractivity contribution in [3.05, 3.63) is 216 Å². The van der Waals surface area contributed by atoms with Crippen molar-refractivity contribution in [1.82, 2.24) is 5.32 Å². The van der Waals surface area contributed by atoms with Gasteiger partial charge in [-0.1, -0.05) is 164 Å². The van der Waals surface area contributed by atoms with Crippen molar-refractivity contribution in [2.75, 3.05) is 9.80 Å². The number of rotatable bonds is 6. The van der Waals surface area contributed by atoms with E-state index in [4.69, 9.17) is 0 Å². The standard InChI is InChI=1S/C50H37N3S/c1-4-14-33(15-5-1)39-21-12-23-43-44-24-13-22-40(48(44)54-47(39)43)36-26-31-42-41-20-10-11-25-45(41)52(46(42)32-36)37-27-29-38(30-28-37)53-49(34-16-6-2-7-17-34)51-50(53)35-18-8-3-9-19-35/h1-32,42,46,49-51H. The van der Waals surface area contributed by atoms with Crippen LogP contribution < -0.4 is 15.1 Å². The van der Waals surface area contributed by atoms with Crippen molar-refractivity contribution < 1.29 is 0 Å². The second kappa shape index (κ2) is 12.7. The molecule has 7 aromatic carbocycles. The van der Waals surface area contributed by atoms with Crippen molar-refractivity contribution in [1.29, 1.82) is 0 Å². The Morgan fingerprint density at radius 1 is 0.500 bits per heavy atom. The zero-order valence-electron chi connectivity index (χ0n) is 29.6. The predicted molar refractivity (Wildman–Crippen MR) is 227 cm³/mol. The molecular formula is C50H37N3S. The molecule has 258 valence electrons. The third-order valence-electron chi connectivity index (χ3n) is 11.5. The minimum Gasteiger partial charge on any atom is -0.333 e. The van der Waals surface area contributed by atoms with Gasteiger partial charge in [0, 0.05) is 43.2 Å². The highest BCUT2D eigenvalue weighted by Crippen LogP contribution is 2.51. The number of thiophene rings is 1. The molecule has 0 radical (unpaired) electrons. The summed E-state index contributed by atoms with van der Waals surface area (Å²) in [6.07, 6.45) is 7.54. The van der Waals surface area contributed by atoms with Gasteiger partial charge in [-0.15, -0.1) is 11.3 Å². The lowest BCUT2D eigenvalue weighted by Crippen LogP contribution is -2.57. The molecule has 0 amide bonds. The molecule has 1 fully saturated rings. The van der Waals surface area contributed by atoms with Crippen LogP contribution in [0.3, 0.4) is 0 Å². The van der Waals surface area contributed by atoms with Gasteiger partial charge in [0.1, 0.15) is 12.3 Å². The minimum atomic E-state index is 0.105. The van der Waals surface area contributed by atoms with E-state index in [1.165, 1.54) is 76.2 Å². The fraction of sp³-hybridized carbons (Fsp3) is 0.0800. The van der Waals surface area contributed by atoms with Crippen LogP contribution in [0.1, 0.15) is 40.5 Å². The summed E-state index contributed by atoms with van der Waals surface area (Å²) in [5.41, 5.74) is 12.8. The largest absolute Gasteiger partial charge is 0.333 e. The van der Waals surface area contributed by atoms with E-state index in [0.717, 1.165) is 0 Å². The summed E-state index contributed by atoms with van der Waals surface area (Å²) in [7, 11) is 0. The molecule has 0 saturated carbocycles. The number of benzene rings is 7. The molecule has 1 aromatic heterocycles. The maximum absolute atomic E-state index is 3.83. The van der Waals surface area contributed by atoms with Crippen LogP contribution in [-0.2, 0) is 0 Å². The van der Waals surface area contributed by atoms with Crippen molar-refractivity contribution in [2.24, 2.45) is 0 Å². The van der Waals surface area contributed by atoms with Gasteiger partial charge in [-0.3, -0.25) is 5.32 Å². The molecule has 54 heavy (non-hydrogen) atoms. The Balaban J connectivity index is 0.978. The normalized spacial score (nSPS) is 20.1. The van der Waals surface area contributed by atoms with Crippen molar-refractivity contribution >= 4 is 54.1 Å². The third-order valence-corrected chi connectivity index (χ3v) is 12.8. The molecule has 0 spiro atoms. The van der Waals surface area contributed by atoms with Crippen LogP contribution in [0.5, 0.6) is 0 Å². The molecular weight excluding hydrogens is 675 g/mol.